The second-order valence-corrected chi connectivity index (χ2v) is 16.6. The molecule has 4 nitrogen and oxygen atoms in total. The predicted octanol–water partition coefficient (Wildman–Crippen LogP) is 16.6. The molecule has 0 aliphatic carbocycles. The Morgan fingerprint density at radius 3 is 1.17 bits per heavy atom. The zero-order valence-corrected chi connectivity index (χ0v) is 34.8. The number of para-hydroxylation sites is 5. The van der Waals surface area contributed by atoms with Crippen LogP contribution in [0.1, 0.15) is 0 Å². The van der Waals surface area contributed by atoms with E-state index < -0.39 is 0 Å². The van der Waals surface area contributed by atoms with Crippen LogP contribution in [0.4, 0.5) is 17.1 Å². The van der Waals surface area contributed by atoms with Crippen molar-refractivity contribution in [2.75, 3.05) is 4.90 Å². The van der Waals surface area contributed by atoms with E-state index in [1.807, 2.05) is 12.1 Å². The van der Waals surface area contributed by atoms with Gasteiger partial charge in [0, 0.05) is 43.7 Å². The van der Waals surface area contributed by atoms with E-state index in [1.54, 1.807) is 0 Å². The molecule has 13 rings (SSSR count). The van der Waals surface area contributed by atoms with Crippen LogP contribution in [-0.2, 0) is 0 Å². The standard InChI is InChI=1S/C60H39N3O/c1-2-14-40(15-3-1)41-26-31-44(32-27-41)61(45-33-28-42(29-34-45)43-30-35-60-54(36-43)53-20-8-13-25-59(53)64-60)46-37-47(62-55-21-9-4-16-49(55)50-17-5-10-22-56(50)62)39-48(38-46)63-57-23-11-6-18-51(57)52-19-7-12-24-58(52)63/h1-39H. The highest BCUT2D eigenvalue weighted by molar-refractivity contribution is 6.11. The number of benzene rings is 10. The van der Waals surface area contributed by atoms with Gasteiger partial charge in [0.2, 0.25) is 0 Å². The number of hydrogen-bond acceptors (Lipinski definition) is 2. The van der Waals surface area contributed by atoms with Gasteiger partial charge in [-0.1, -0.05) is 152 Å². The summed E-state index contributed by atoms with van der Waals surface area (Å²) in [6.45, 7) is 0. The molecule has 0 unspecified atom stereocenters. The lowest BCUT2D eigenvalue weighted by atomic mass is 10.0. The number of hydrogen-bond donors (Lipinski definition) is 0. The fourth-order valence-corrected chi connectivity index (χ4v) is 9.96. The maximum Gasteiger partial charge on any atom is 0.135 e. The minimum Gasteiger partial charge on any atom is -0.456 e. The van der Waals surface area contributed by atoms with E-state index in [1.165, 1.54) is 54.7 Å². The average molecular weight is 818 g/mol. The molecule has 0 atom stereocenters. The third-order valence-corrected chi connectivity index (χ3v) is 12.9. The van der Waals surface area contributed by atoms with E-state index in [-0.39, 0.29) is 0 Å². The molecule has 3 aromatic heterocycles. The highest BCUT2D eigenvalue weighted by Crippen LogP contribution is 2.43. The normalized spacial score (nSPS) is 11.8. The summed E-state index contributed by atoms with van der Waals surface area (Å²) in [5, 5.41) is 7.17. The van der Waals surface area contributed by atoms with Gasteiger partial charge in [0.15, 0.2) is 0 Å². The lowest BCUT2D eigenvalue weighted by molar-refractivity contribution is 0.669. The Bertz CT molecular complexity index is 3650. The number of furan rings is 1. The molecule has 4 heteroatoms. The topological polar surface area (TPSA) is 26.2 Å². The van der Waals surface area contributed by atoms with Crippen LogP contribution in [0.25, 0.3) is 99.2 Å². The summed E-state index contributed by atoms with van der Waals surface area (Å²) in [6.07, 6.45) is 0. The summed E-state index contributed by atoms with van der Waals surface area (Å²) < 4.78 is 11.0. The molecule has 0 saturated carbocycles. The fraction of sp³-hybridized carbons (Fsp3) is 0. The minimum absolute atomic E-state index is 0.897. The maximum absolute atomic E-state index is 6.19. The molecule has 10 aromatic carbocycles. The van der Waals surface area contributed by atoms with Crippen molar-refractivity contribution in [1.82, 2.24) is 9.13 Å². The summed E-state index contributed by atoms with van der Waals surface area (Å²) in [5.41, 5.74) is 16.4. The minimum atomic E-state index is 0.897. The van der Waals surface area contributed by atoms with Gasteiger partial charge in [-0.25, -0.2) is 0 Å². The number of fused-ring (bicyclic) bond motifs is 9. The first-order valence-electron chi connectivity index (χ1n) is 21.8. The quantitative estimate of drug-likeness (QED) is 0.160. The van der Waals surface area contributed by atoms with Gasteiger partial charge < -0.3 is 18.5 Å². The van der Waals surface area contributed by atoms with Gasteiger partial charge in [0.05, 0.1) is 39.1 Å². The fourth-order valence-electron chi connectivity index (χ4n) is 9.96. The summed E-state index contributed by atoms with van der Waals surface area (Å²) in [7, 11) is 0. The van der Waals surface area contributed by atoms with Crippen molar-refractivity contribution in [3.8, 4) is 33.6 Å². The molecule has 300 valence electrons. The van der Waals surface area contributed by atoms with E-state index in [4.69, 9.17) is 4.42 Å². The zero-order chi connectivity index (χ0) is 42.1. The van der Waals surface area contributed by atoms with E-state index in [9.17, 15) is 0 Å². The Kier molecular flexibility index (Phi) is 8.18. The molecule has 0 fully saturated rings. The summed E-state index contributed by atoms with van der Waals surface area (Å²) in [5.74, 6) is 0. The van der Waals surface area contributed by atoms with Crippen molar-refractivity contribution >= 4 is 82.6 Å². The Labute approximate surface area is 369 Å². The van der Waals surface area contributed by atoms with Crippen LogP contribution >= 0.6 is 0 Å². The van der Waals surface area contributed by atoms with Gasteiger partial charge in [-0.05, 0) is 107 Å². The smallest absolute Gasteiger partial charge is 0.135 e. The highest BCUT2D eigenvalue weighted by Gasteiger charge is 2.21. The van der Waals surface area contributed by atoms with Crippen LogP contribution in [0, 0.1) is 0 Å². The van der Waals surface area contributed by atoms with E-state index in [0.717, 1.165) is 61.5 Å². The predicted molar refractivity (Wildman–Crippen MR) is 268 cm³/mol. The van der Waals surface area contributed by atoms with Crippen molar-refractivity contribution in [2.45, 2.75) is 0 Å². The van der Waals surface area contributed by atoms with Crippen LogP contribution in [0.5, 0.6) is 0 Å². The van der Waals surface area contributed by atoms with Gasteiger partial charge in [0.1, 0.15) is 11.2 Å². The van der Waals surface area contributed by atoms with Gasteiger partial charge in [-0.2, -0.15) is 0 Å². The molecule has 0 radical (unpaired) electrons. The van der Waals surface area contributed by atoms with Crippen LogP contribution < -0.4 is 4.90 Å². The zero-order valence-electron chi connectivity index (χ0n) is 34.8. The molecule has 3 heterocycles. The molecular weight excluding hydrogens is 779 g/mol. The van der Waals surface area contributed by atoms with Crippen molar-refractivity contribution in [3.05, 3.63) is 237 Å². The number of rotatable bonds is 7. The van der Waals surface area contributed by atoms with E-state index >= 15 is 0 Å². The Hall–Kier alpha value is -8.60. The van der Waals surface area contributed by atoms with Gasteiger partial charge in [-0.15, -0.1) is 0 Å². The molecular formula is C60H39N3O. The third-order valence-electron chi connectivity index (χ3n) is 12.9. The first kappa shape index (κ1) is 36.1. The van der Waals surface area contributed by atoms with E-state index in [2.05, 4.69) is 238 Å². The van der Waals surface area contributed by atoms with Crippen molar-refractivity contribution in [3.63, 3.8) is 0 Å². The van der Waals surface area contributed by atoms with Crippen LogP contribution in [0.2, 0.25) is 0 Å². The number of nitrogens with zero attached hydrogens (tertiary/aromatic N) is 3. The maximum atomic E-state index is 6.19. The van der Waals surface area contributed by atoms with Gasteiger partial charge in [0.25, 0.3) is 0 Å². The Balaban J connectivity index is 1.05. The average Bonchev–Trinajstić information content (AvgIpc) is 4.02. The van der Waals surface area contributed by atoms with Crippen LogP contribution in [0.3, 0.4) is 0 Å². The largest absolute Gasteiger partial charge is 0.456 e. The molecule has 0 bridgehead atoms. The summed E-state index contributed by atoms with van der Waals surface area (Å²) in [6, 6.07) is 85.5. The van der Waals surface area contributed by atoms with Gasteiger partial charge in [-0.3, -0.25) is 0 Å². The molecule has 0 aliphatic heterocycles. The molecule has 0 amide bonds. The number of anilines is 3. The molecule has 0 spiro atoms. The molecule has 64 heavy (non-hydrogen) atoms. The van der Waals surface area contributed by atoms with Crippen molar-refractivity contribution in [1.29, 1.82) is 0 Å². The Morgan fingerprint density at radius 1 is 0.266 bits per heavy atom. The lowest BCUT2D eigenvalue weighted by Crippen LogP contribution is -2.12. The second-order valence-electron chi connectivity index (χ2n) is 16.6. The lowest BCUT2D eigenvalue weighted by Gasteiger charge is -2.28. The van der Waals surface area contributed by atoms with Crippen molar-refractivity contribution in [2.24, 2.45) is 0 Å². The number of aromatic nitrogens is 2. The van der Waals surface area contributed by atoms with Crippen molar-refractivity contribution < 1.29 is 4.42 Å². The summed E-state index contributed by atoms with van der Waals surface area (Å²) >= 11 is 0. The first-order chi connectivity index (χ1) is 31.7. The van der Waals surface area contributed by atoms with E-state index in [0.29, 0.717) is 0 Å². The molecule has 0 N–H and O–H groups in total. The SMILES string of the molecule is c1ccc(-c2ccc(N(c3ccc(-c4ccc5oc6ccccc6c5c4)cc3)c3cc(-n4c5ccccc5c5ccccc54)cc(-n4c5ccccc5c5ccccc54)c3)cc2)cc1. The Morgan fingerprint density at radius 2 is 0.656 bits per heavy atom. The van der Waals surface area contributed by atoms with Gasteiger partial charge >= 0.3 is 0 Å². The molecule has 13 aromatic rings. The molecule has 0 saturated heterocycles. The second kappa shape index (κ2) is 14.5. The third kappa shape index (κ3) is 5.77. The first-order valence-corrected chi connectivity index (χ1v) is 21.8. The summed E-state index contributed by atoms with van der Waals surface area (Å²) in [4.78, 5) is 2.40. The van der Waals surface area contributed by atoms with Crippen LogP contribution in [-0.4, -0.2) is 9.13 Å². The monoisotopic (exact) mass is 817 g/mol. The van der Waals surface area contributed by atoms with Crippen LogP contribution in [0.15, 0.2) is 241 Å². The molecule has 0 aliphatic rings. The highest BCUT2D eigenvalue weighted by atomic mass is 16.3.